The van der Waals surface area contributed by atoms with E-state index in [1.165, 1.54) is 12.1 Å². The van der Waals surface area contributed by atoms with Crippen molar-refractivity contribution in [2.24, 2.45) is 7.05 Å². The second-order valence-electron chi connectivity index (χ2n) is 4.54. The molecule has 0 unspecified atom stereocenters. The van der Waals surface area contributed by atoms with E-state index >= 15 is 0 Å². The highest BCUT2D eigenvalue weighted by Crippen LogP contribution is 2.25. The smallest absolute Gasteiger partial charge is 0.269 e. The second-order valence-corrected chi connectivity index (χ2v) is 4.54. The lowest BCUT2D eigenvalue weighted by Crippen LogP contribution is -2.20. The molecule has 2 aromatic rings. The Morgan fingerprint density at radius 1 is 1.50 bits per heavy atom. The van der Waals surface area contributed by atoms with E-state index in [4.69, 9.17) is 0 Å². The highest BCUT2D eigenvalue weighted by atomic mass is 16.6. The van der Waals surface area contributed by atoms with Crippen LogP contribution in [0.3, 0.4) is 0 Å². The summed E-state index contributed by atoms with van der Waals surface area (Å²) in [7, 11) is 3.76. The van der Waals surface area contributed by atoms with Crippen molar-refractivity contribution in [1.82, 2.24) is 9.55 Å². The van der Waals surface area contributed by atoms with Crippen LogP contribution in [0.25, 0.3) is 0 Å². The van der Waals surface area contributed by atoms with Crippen LogP contribution in [0.15, 0.2) is 30.6 Å². The van der Waals surface area contributed by atoms with Gasteiger partial charge in [0.1, 0.15) is 5.82 Å². The Kier molecular flexibility index (Phi) is 3.99. The number of non-ortho nitro benzene ring substituents is 1. The normalized spacial score (nSPS) is 10.6. The summed E-state index contributed by atoms with van der Waals surface area (Å²) in [5.74, 6) is 0.870. The molecule has 0 bridgehead atoms. The number of hydrogen-bond donors (Lipinski definition) is 1. The average molecular weight is 276 g/mol. The minimum Gasteiger partial charge on any atom is -0.392 e. The lowest BCUT2D eigenvalue weighted by molar-refractivity contribution is -0.384. The van der Waals surface area contributed by atoms with Crippen LogP contribution in [-0.4, -0.2) is 26.6 Å². The summed E-state index contributed by atoms with van der Waals surface area (Å²) in [5, 5.41) is 20.1. The van der Waals surface area contributed by atoms with Crippen LogP contribution >= 0.6 is 0 Å². The first-order valence-corrected chi connectivity index (χ1v) is 6.08. The van der Waals surface area contributed by atoms with Gasteiger partial charge in [0.15, 0.2) is 0 Å². The third kappa shape index (κ3) is 2.77. The molecule has 106 valence electrons. The lowest BCUT2D eigenvalue weighted by Gasteiger charge is -2.21. The molecular weight excluding hydrogens is 260 g/mol. The molecule has 7 nitrogen and oxygen atoms in total. The minimum absolute atomic E-state index is 0.0248. The van der Waals surface area contributed by atoms with Gasteiger partial charge in [0.2, 0.25) is 0 Å². The third-order valence-corrected chi connectivity index (χ3v) is 3.16. The monoisotopic (exact) mass is 276 g/mol. The van der Waals surface area contributed by atoms with Crippen LogP contribution in [0.2, 0.25) is 0 Å². The Balaban J connectivity index is 2.27. The number of nitro benzene ring substituents is 1. The zero-order valence-corrected chi connectivity index (χ0v) is 11.4. The van der Waals surface area contributed by atoms with Crippen molar-refractivity contribution in [2.45, 2.75) is 13.2 Å². The fourth-order valence-corrected chi connectivity index (χ4v) is 2.03. The summed E-state index contributed by atoms with van der Waals surface area (Å²) in [5.41, 5.74) is 1.25. The molecule has 0 spiro atoms. The van der Waals surface area contributed by atoms with Gasteiger partial charge in [-0.05, 0) is 6.07 Å². The Morgan fingerprint density at radius 3 is 2.80 bits per heavy atom. The Labute approximate surface area is 116 Å². The van der Waals surface area contributed by atoms with Gasteiger partial charge in [0.05, 0.1) is 18.1 Å². The van der Waals surface area contributed by atoms with Gasteiger partial charge in [-0.1, -0.05) is 0 Å². The summed E-state index contributed by atoms with van der Waals surface area (Å²) in [6.45, 7) is 0.302. The van der Waals surface area contributed by atoms with E-state index in [2.05, 4.69) is 4.98 Å². The molecule has 0 aliphatic heterocycles. The average Bonchev–Trinajstić information content (AvgIpc) is 2.83. The Bertz CT molecular complexity index is 624. The van der Waals surface area contributed by atoms with E-state index in [9.17, 15) is 15.2 Å². The van der Waals surface area contributed by atoms with E-state index in [0.717, 1.165) is 11.5 Å². The number of hydrogen-bond acceptors (Lipinski definition) is 5. The molecule has 0 radical (unpaired) electrons. The first-order valence-electron chi connectivity index (χ1n) is 6.08. The molecule has 1 aromatic heterocycles. The fourth-order valence-electron chi connectivity index (χ4n) is 2.03. The number of imidazole rings is 1. The highest BCUT2D eigenvalue weighted by Gasteiger charge is 2.14. The summed E-state index contributed by atoms with van der Waals surface area (Å²) in [6, 6.07) is 4.47. The number of nitrogens with zero attached hydrogens (tertiary/aromatic N) is 4. The molecule has 0 fully saturated rings. The van der Waals surface area contributed by atoms with Gasteiger partial charge in [0.25, 0.3) is 5.69 Å². The number of anilines is 1. The van der Waals surface area contributed by atoms with Gasteiger partial charge in [-0.25, -0.2) is 4.98 Å². The maximum absolute atomic E-state index is 10.7. The van der Waals surface area contributed by atoms with E-state index in [0.29, 0.717) is 12.1 Å². The summed E-state index contributed by atoms with van der Waals surface area (Å²) < 4.78 is 1.90. The SMILES string of the molecule is CN(Cc1nccn1C)c1ccc([N+](=O)[O-])cc1CO. The predicted octanol–water partition coefficient (Wildman–Crippen LogP) is 1.46. The molecule has 7 heteroatoms. The van der Waals surface area contributed by atoms with E-state index in [-0.39, 0.29) is 12.3 Å². The van der Waals surface area contributed by atoms with Crippen molar-refractivity contribution in [1.29, 1.82) is 0 Å². The number of aryl methyl sites for hydroxylation is 1. The van der Waals surface area contributed by atoms with Gasteiger partial charge < -0.3 is 14.6 Å². The van der Waals surface area contributed by atoms with Crippen LogP contribution in [0.5, 0.6) is 0 Å². The molecule has 0 amide bonds. The number of aliphatic hydroxyl groups excluding tert-OH is 1. The first-order chi connectivity index (χ1) is 9.52. The molecule has 0 saturated carbocycles. The number of aliphatic hydroxyl groups is 1. The molecule has 1 aromatic carbocycles. The van der Waals surface area contributed by atoms with Gasteiger partial charge in [-0.3, -0.25) is 10.1 Å². The van der Waals surface area contributed by atoms with Crippen molar-refractivity contribution in [3.8, 4) is 0 Å². The van der Waals surface area contributed by atoms with Gasteiger partial charge >= 0.3 is 0 Å². The Hall–Kier alpha value is -2.41. The van der Waals surface area contributed by atoms with E-state index < -0.39 is 4.92 Å². The lowest BCUT2D eigenvalue weighted by atomic mass is 10.1. The van der Waals surface area contributed by atoms with Gasteiger partial charge in [-0.2, -0.15) is 0 Å². The zero-order valence-electron chi connectivity index (χ0n) is 11.4. The Morgan fingerprint density at radius 2 is 2.25 bits per heavy atom. The van der Waals surface area contributed by atoms with Crippen molar-refractivity contribution < 1.29 is 10.0 Å². The molecule has 1 heterocycles. The van der Waals surface area contributed by atoms with Crippen LogP contribution in [0.4, 0.5) is 11.4 Å². The predicted molar refractivity (Wildman–Crippen MR) is 74.3 cm³/mol. The van der Waals surface area contributed by atoms with Gasteiger partial charge in [0, 0.05) is 49.9 Å². The van der Waals surface area contributed by atoms with Crippen molar-refractivity contribution in [2.75, 3.05) is 11.9 Å². The molecular formula is C13H16N4O3. The minimum atomic E-state index is -0.471. The molecule has 0 aliphatic carbocycles. The van der Waals surface area contributed by atoms with Crippen molar-refractivity contribution in [3.63, 3.8) is 0 Å². The van der Waals surface area contributed by atoms with Crippen LogP contribution in [0, 0.1) is 10.1 Å². The second kappa shape index (κ2) is 5.70. The van der Waals surface area contributed by atoms with Crippen molar-refractivity contribution in [3.05, 3.63) is 52.1 Å². The van der Waals surface area contributed by atoms with Crippen LogP contribution in [-0.2, 0) is 20.2 Å². The topological polar surface area (TPSA) is 84.4 Å². The molecule has 0 atom stereocenters. The molecule has 2 rings (SSSR count). The maximum Gasteiger partial charge on any atom is 0.269 e. The number of nitro groups is 1. The molecule has 20 heavy (non-hydrogen) atoms. The standard InChI is InChI=1S/C13H16N4O3/c1-15-6-5-14-13(15)8-16(2)12-4-3-11(17(19)20)7-10(12)9-18/h3-7,18H,8-9H2,1-2H3. The highest BCUT2D eigenvalue weighted by molar-refractivity contribution is 5.57. The van der Waals surface area contributed by atoms with E-state index in [1.807, 2.05) is 29.8 Å². The quantitative estimate of drug-likeness (QED) is 0.660. The maximum atomic E-state index is 10.7. The molecule has 1 N–H and O–H groups in total. The molecule has 0 saturated heterocycles. The summed E-state index contributed by atoms with van der Waals surface area (Å²) >= 11 is 0. The zero-order chi connectivity index (χ0) is 14.7. The summed E-state index contributed by atoms with van der Waals surface area (Å²) in [4.78, 5) is 16.4. The largest absolute Gasteiger partial charge is 0.392 e. The number of rotatable bonds is 5. The number of aromatic nitrogens is 2. The summed E-state index contributed by atoms with van der Waals surface area (Å²) in [6.07, 6.45) is 3.57. The number of benzene rings is 1. The fraction of sp³-hybridized carbons (Fsp3) is 0.308. The molecule has 0 aliphatic rings. The van der Waals surface area contributed by atoms with Crippen LogP contribution < -0.4 is 4.90 Å². The van der Waals surface area contributed by atoms with E-state index in [1.54, 1.807) is 12.3 Å². The third-order valence-electron chi connectivity index (χ3n) is 3.16. The van der Waals surface area contributed by atoms with Crippen molar-refractivity contribution >= 4 is 11.4 Å². The van der Waals surface area contributed by atoms with Gasteiger partial charge in [-0.15, -0.1) is 0 Å². The first kappa shape index (κ1) is 14.0. The van der Waals surface area contributed by atoms with Crippen LogP contribution in [0.1, 0.15) is 11.4 Å².